The number of rotatable bonds is 6. The van der Waals surface area contributed by atoms with E-state index in [0.29, 0.717) is 47.9 Å². The molecule has 0 N–H and O–H groups in total. The summed E-state index contributed by atoms with van der Waals surface area (Å²) in [5.74, 6) is 0.698. The van der Waals surface area contributed by atoms with Crippen LogP contribution in [-0.4, -0.2) is 50.7 Å². The number of nitrogens with zero attached hydrogens (tertiary/aromatic N) is 4. The van der Waals surface area contributed by atoms with Crippen LogP contribution in [0.3, 0.4) is 0 Å². The average molecular weight is 587 g/mol. The highest BCUT2D eigenvalue weighted by atomic mass is 35.5. The Morgan fingerprint density at radius 2 is 1.76 bits per heavy atom. The van der Waals surface area contributed by atoms with Gasteiger partial charge in [0.2, 0.25) is 0 Å². The monoisotopic (exact) mass is 586 g/mol. The number of ether oxygens (including phenoxy) is 1. The summed E-state index contributed by atoms with van der Waals surface area (Å²) in [6.07, 6.45) is 0.411. The van der Waals surface area contributed by atoms with Crippen molar-refractivity contribution in [1.29, 1.82) is 0 Å². The second kappa shape index (κ2) is 12.3. The van der Waals surface area contributed by atoms with E-state index in [-0.39, 0.29) is 23.7 Å². The summed E-state index contributed by atoms with van der Waals surface area (Å²) in [7, 11) is 0. The van der Waals surface area contributed by atoms with Crippen LogP contribution in [0, 0.1) is 6.92 Å². The van der Waals surface area contributed by atoms with Crippen molar-refractivity contribution in [1.82, 2.24) is 19.4 Å². The molecule has 8 heteroatoms. The van der Waals surface area contributed by atoms with Gasteiger partial charge in [-0.25, -0.2) is 9.78 Å². The highest BCUT2D eigenvalue weighted by Gasteiger charge is 2.38. The number of aryl methyl sites for hydroxylation is 1. The van der Waals surface area contributed by atoms with E-state index >= 15 is 0 Å². The van der Waals surface area contributed by atoms with Crippen molar-refractivity contribution < 1.29 is 9.53 Å². The minimum atomic E-state index is -0.580. The lowest BCUT2D eigenvalue weighted by Crippen LogP contribution is -2.53. The van der Waals surface area contributed by atoms with Crippen LogP contribution in [0.25, 0.3) is 10.9 Å². The van der Waals surface area contributed by atoms with Crippen molar-refractivity contribution in [2.75, 3.05) is 19.6 Å². The first-order valence-electron chi connectivity index (χ1n) is 14.6. The third kappa shape index (κ3) is 6.53. The van der Waals surface area contributed by atoms with Crippen LogP contribution < -0.4 is 5.56 Å². The van der Waals surface area contributed by atoms with Gasteiger partial charge < -0.3 is 9.64 Å². The number of carbonyl (C=O) groups is 1. The van der Waals surface area contributed by atoms with E-state index in [2.05, 4.69) is 43.0 Å². The Morgan fingerprint density at radius 3 is 2.43 bits per heavy atom. The number of hydrogen-bond donors (Lipinski definition) is 0. The maximum Gasteiger partial charge on any atom is 0.410 e. The van der Waals surface area contributed by atoms with E-state index in [1.165, 1.54) is 5.56 Å². The van der Waals surface area contributed by atoms with E-state index in [1.807, 2.05) is 55.7 Å². The number of benzene rings is 3. The Kier molecular flexibility index (Phi) is 8.71. The summed E-state index contributed by atoms with van der Waals surface area (Å²) in [5.41, 5.74) is 3.21. The first-order valence-corrected chi connectivity index (χ1v) is 15.0. The van der Waals surface area contributed by atoms with Gasteiger partial charge in [0.15, 0.2) is 0 Å². The number of aromatic nitrogens is 2. The minimum absolute atomic E-state index is 0.0896. The highest BCUT2D eigenvalue weighted by molar-refractivity contribution is 6.31. The molecule has 220 valence electrons. The maximum atomic E-state index is 14.0. The van der Waals surface area contributed by atoms with Gasteiger partial charge in [-0.15, -0.1) is 0 Å². The van der Waals surface area contributed by atoms with Crippen LogP contribution in [0.15, 0.2) is 77.6 Å². The maximum absolute atomic E-state index is 14.0. The van der Waals surface area contributed by atoms with Crippen molar-refractivity contribution >= 4 is 28.6 Å². The molecule has 4 aromatic rings. The summed E-state index contributed by atoms with van der Waals surface area (Å²) in [6.45, 7) is 11.8. The molecule has 5 rings (SSSR count). The molecular formula is C34H39ClN4O3. The second-order valence-corrected chi connectivity index (χ2v) is 12.5. The third-order valence-electron chi connectivity index (χ3n) is 7.75. The van der Waals surface area contributed by atoms with Crippen molar-refractivity contribution in [3.8, 4) is 0 Å². The topological polar surface area (TPSA) is 67.7 Å². The minimum Gasteiger partial charge on any atom is -0.444 e. The Hall–Kier alpha value is -3.68. The van der Waals surface area contributed by atoms with Gasteiger partial charge in [0, 0.05) is 24.7 Å². The van der Waals surface area contributed by atoms with E-state index in [9.17, 15) is 9.59 Å². The molecule has 42 heavy (non-hydrogen) atoms. The van der Waals surface area contributed by atoms with Gasteiger partial charge in [-0.05, 0) is 63.4 Å². The van der Waals surface area contributed by atoms with E-state index in [1.54, 1.807) is 23.1 Å². The molecule has 0 bridgehead atoms. The normalized spacial score (nSPS) is 16.9. The Morgan fingerprint density at radius 1 is 1.05 bits per heavy atom. The SMILES string of the molecule is CCC(c1nc2cc(Cl)ccc2c(=O)n1Cc1ccccc1)N1CCN(C(=O)OC(C)(C)C)CC1c1ccc(C)cc1. The highest BCUT2D eigenvalue weighted by Crippen LogP contribution is 2.36. The molecule has 1 aliphatic heterocycles. The number of hydrogen-bond acceptors (Lipinski definition) is 5. The third-order valence-corrected chi connectivity index (χ3v) is 7.99. The van der Waals surface area contributed by atoms with Gasteiger partial charge >= 0.3 is 6.09 Å². The molecule has 1 fully saturated rings. The van der Waals surface area contributed by atoms with E-state index < -0.39 is 5.60 Å². The average Bonchev–Trinajstić information content (AvgIpc) is 2.95. The van der Waals surface area contributed by atoms with E-state index in [4.69, 9.17) is 21.3 Å². The molecule has 2 heterocycles. The van der Waals surface area contributed by atoms with Gasteiger partial charge in [-0.1, -0.05) is 78.7 Å². The first-order chi connectivity index (χ1) is 20.0. The van der Waals surface area contributed by atoms with Crippen molar-refractivity contribution in [2.24, 2.45) is 0 Å². The Bertz CT molecular complexity index is 1610. The molecule has 2 unspecified atom stereocenters. The molecule has 3 aromatic carbocycles. The molecule has 1 saturated heterocycles. The summed E-state index contributed by atoms with van der Waals surface area (Å²) in [5, 5.41) is 1.08. The lowest BCUT2D eigenvalue weighted by Gasteiger charge is -2.45. The van der Waals surface area contributed by atoms with Gasteiger partial charge in [0.25, 0.3) is 5.56 Å². The van der Waals surface area contributed by atoms with Crippen LogP contribution in [-0.2, 0) is 11.3 Å². The zero-order valence-electron chi connectivity index (χ0n) is 25.0. The van der Waals surface area contributed by atoms with Gasteiger partial charge in [0.1, 0.15) is 11.4 Å². The molecule has 2 atom stereocenters. The van der Waals surface area contributed by atoms with Gasteiger partial charge in [-0.2, -0.15) is 0 Å². The van der Waals surface area contributed by atoms with Crippen LogP contribution in [0.5, 0.6) is 0 Å². The van der Waals surface area contributed by atoms with Gasteiger partial charge in [-0.3, -0.25) is 14.3 Å². The first kappa shape index (κ1) is 29.8. The Labute approximate surface area is 252 Å². The molecule has 1 aromatic heterocycles. The molecule has 0 spiro atoms. The number of amides is 1. The quantitative estimate of drug-likeness (QED) is 0.240. The van der Waals surface area contributed by atoms with Crippen molar-refractivity contribution in [3.63, 3.8) is 0 Å². The lowest BCUT2D eigenvalue weighted by molar-refractivity contribution is -0.00757. The fourth-order valence-electron chi connectivity index (χ4n) is 5.70. The number of carbonyl (C=O) groups excluding carboxylic acids is 1. The smallest absolute Gasteiger partial charge is 0.410 e. The molecule has 1 aliphatic rings. The van der Waals surface area contributed by atoms with Crippen LogP contribution in [0.1, 0.15) is 68.7 Å². The predicted octanol–water partition coefficient (Wildman–Crippen LogP) is 7.15. The van der Waals surface area contributed by atoms with E-state index in [0.717, 1.165) is 17.5 Å². The summed E-state index contributed by atoms with van der Waals surface area (Å²) in [6, 6.07) is 23.4. The zero-order chi connectivity index (χ0) is 30.0. The molecule has 0 aliphatic carbocycles. The second-order valence-electron chi connectivity index (χ2n) is 12.0. The largest absolute Gasteiger partial charge is 0.444 e. The van der Waals surface area contributed by atoms with Crippen LogP contribution in [0.2, 0.25) is 5.02 Å². The lowest BCUT2D eigenvalue weighted by atomic mass is 9.97. The number of halogens is 1. The fraction of sp³-hybridized carbons (Fsp3) is 0.382. The van der Waals surface area contributed by atoms with Crippen LogP contribution >= 0.6 is 11.6 Å². The molecule has 1 amide bonds. The molecule has 0 saturated carbocycles. The van der Waals surface area contributed by atoms with Gasteiger partial charge in [0.05, 0.1) is 29.5 Å². The van der Waals surface area contributed by atoms with Crippen molar-refractivity contribution in [3.05, 3.63) is 111 Å². The number of fused-ring (bicyclic) bond motifs is 1. The standard InChI is InChI=1S/C34H39ClN4O3/c1-6-29(31-36-28-20-26(35)16-17-27(28)32(40)39(31)21-24-10-8-7-9-11-24)38-19-18-37(33(41)42-34(3,4)5)22-30(38)25-14-12-23(2)13-15-25/h7-17,20,29-30H,6,18-19,21-22H2,1-5H3. The molecule has 0 radical (unpaired) electrons. The number of piperazine rings is 1. The molecule has 7 nitrogen and oxygen atoms in total. The Balaban J connectivity index is 1.61. The summed E-state index contributed by atoms with van der Waals surface area (Å²) < 4.78 is 7.56. The summed E-state index contributed by atoms with van der Waals surface area (Å²) >= 11 is 6.35. The van der Waals surface area contributed by atoms with Crippen LogP contribution in [0.4, 0.5) is 4.79 Å². The fourth-order valence-corrected chi connectivity index (χ4v) is 5.86. The zero-order valence-corrected chi connectivity index (χ0v) is 25.8. The summed E-state index contributed by atoms with van der Waals surface area (Å²) in [4.78, 5) is 36.5. The van der Waals surface area contributed by atoms with Crippen molar-refractivity contribution in [2.45, 2.75) is 65.3 Å². The predicted molar refractivity (Wildman–Crippen MR) is 168 cm³/mol. The molecular weight excluding hydrogens is 548 g/mol.